The number of nitrogens with zero attached hydrogens (tertiary/aromatic N) is 3. The number of carbonyl (C=O) groups excluding carboxylic acids is 2. The maximum absolute atomic E-state index is 12.7. The number of hydrogen-bond donors (Lipinski definition) is 1. The van der Waals surface area contributed by atoms with E-state index >= 15 is 0 Å². The van der Waals surface area contributed by atoms with E-state index in [1.54, 1.807) is 48.5 Å². The van der Waals surface area contributed by atoms with E-state index in [-0.39, 0.29) is 42.7 Å². The highest BCUT2D eigenvalue weighted by Gasteiger charge is 2.30. The van der Waals surface area contributed by atoms with E-state index < -0.39 is 22.6 Å². The van der Waals surface area contributed by atoms with Crippen molar-refractivity contribution in [3.63, 3.8) is 0 Å². The summed E-state index contributed by atoms with van der Waals surface area (Å²) in [5, 5.41) is 7.32. The maximum atomic E-state index is 12.7. The molecule has 0 bridgehead atoms. The molecule has 3 aromatic rings. The summed E-state index contributed by atoms with van der Waals surface area (Å²) in [6.45, 7) is 0.398. The van der Waals surface area contributed by atoms with Crippen LogP contribution in [-0.4, -0.2) is 72.5 Å². The Balaban J connectivity index is 1.32. The summed E-state index contributed by atoms with van der Waals surface area (Å²) in [6.07, 6.45) is 0. The number of rotatable bonds is 5. The average molecular weight is 428 g/mol. The second-order valence-electron chi connectivity index (χ2n) is 6.79. The van der Waals surface area contributed by atoms with Crippen molar-refractivity contribution in [1.29, 1.82) is 0 Å². The molecule has 1 aromatic heterocycles. The van der Waals surface area contributed by atoms with Gasteiger partial charge in [0, 0.05) is 31.6 Å². The van der Waals surface area contributed by atoms with Gasteiger partial charge in [0.25, 0.3) is 5.91 Å². The molecule has 1 amide bonds. The van der Waals surface area contributed by atoms with Gasteiger partial charge in [0.2, 0.25) is 10.0 Å². The van der Waals surface area contributed by atoms with Crippen LogP contribution in [0, 0.1) is 0 Å². The van der Waals surface area contributed by atoms with Crippen molar-refractivity contribution < 1.29 is 22.7 Å². The van der Waals surface area contributed by atoms with Crippen LogP contribution in [0.25, 0.3) is 10.9 Å². The normalized spacial score (nSPS) is 15.3. The van der Waals surface area contributed by atoms with Crippen LogP contribution in [0.1, 0.15) is 10.5 Å². The molecular weight excluding hydrogens is 408 g/mol. The van der Waals surface area contributed by atoms with Gasteiger partial charge in [0.15, 0.2) is 12.3 Å². The maximum Gasteiger partial charge on any atom is 0.359 e. The molecule has 1 aliphatic heterocycles. The molecule has 0 radical (unpaired) electrons. The van der Waals surface area contributed by atoms with Gasteiger partial charge in [-0.1, -0.05) is 36.4 Å². The topological polar surface area (TPSA) is 113 Å². The van der Waals surface area contributed by atoms with E-state index in [4.69, 9.17) is 4.74 Å². The molecule has 10 heteroatoms. The fourth-order valence-electron chi connectivity index (χ4n) is 3.33. The van der Waals surface area contributed by atoms with E-state index in [9.17, 15) is 18.0 Å². The van der Waals surface area contributed by atoms with Crippen molar-refractivity contribution in [3.05, 3.63) is 60.3 Å². The molecule has 1 fully saturated rings. The number of esters is 1. The molecule has 0 unspecified atom stereocenters. The molecule has 2 aromatic carbocycles. The number of aromatic amines is 1. The van der Waals surface area contributed by atoms with Gasteiger partial charge >= 0.3 is 5.97 Å². The Kier molecular flexibility index (Phi) is 5.51. The molecule has 1 aliphatic rings. The van der Waals surface area contributed by atoms with E-state index in [2.05, 4.69) is 10.2 Å². The summed E-state index contributed by atoms with van der Waals surface area (Å²) in [5.74, 6) is -1.06. The van der Waals surface area contributed by atoms with Gasteiger partial charge in [-0.15, -0.1) is 0 Å². The number of piperazine rings is 1. The zero-order valence-corrected chi connectivity index (χ0v) is 16.8. The highest BCUT2D eigenvalue weighted by Crippen LogP contribution is 2.18. The van der Waals surface area contributed by atoms with E-state index in [1.807, 2.05) is 6.07 Å². The Morgan fingerprint density at radius 2 is 1.63 bits per heavy atom. The predicted molar refractivity (Wildman–Crippen MR) is 108 cm³/mol. The van der Waals surface area contributed by atoms with Crippen LogP contribution in [0.5, 0.6) is 0 Å². The summed E-state index contributed by atoms with van der Waals surface area (Å²) < 4.78 is 31.8. The minimum Gasteiger partial charge on any atom is -0.451 e. The van der Waals surface area contributed by atoms with Gasteiger partial charge in [-0.05, 0) is 18.2 Å². The lowest BCUT2D eigenvalue weighted by atomic mass is 10.2. The van der Waals surface area contributed by atoms with E-state index in [0.717, 1.165) is 0 Å². The second kappa shape index (κ2) is 8.25. The highest BCUT2D eigenvalue weighted by molar-refractivity contribution is 7.89. The lowest BCUT2D eigenvalue weighted by molar-refractivity contribution is -0.135. The summed E-state index contributed by atoms with van der Waals surface area (Å²) in [6, 6.07) is 15.3. The number of hydrogen-bond acceptors (Lipinski definition) is 6. The quantitative estimate of drug-likeness (QED) is 0.612. The Hall–Kier alpha value is -3.24. The van der Waals surface area contributed by atoms with Crippen LogP contribution < -0.4 is 0 Å². The molecule has 156 valence electrons. The van der Waals surface area contributed by atoms with Crippen molar-refractivity contribution in [3.8, 4) is 0 Å². The first kappa shape index (κ1) is 20.0. The summed E-state index contributed by atoms with van der Waals surface area (Å²) in [4.78, 5) is 26.4. The summed E-state index contributed by atoms with van der Waals surface area (Å²) in [7, 11) is -3.59. The summed E-state index contributed by atoms with van der Waals surface area (Å²) in [5.41, 5.74) is 0.823. The number of ether oxygens (including phenoxy) is 1. The molecule has 0 saturated carbocycles. The Morgan fingerprint density at radius 1 is 0.967 bits per heavy atom. The SMILES string of the molecule is O=C(OCC(=O)N1CCN(S(=O)(=O)c2ccccc2)CC1)c1n[nH]c2ccccc12. The minimum absolute atomic E-state index is 0.122. The van der Waals surface area contributed by atoms with Crippen LogP contribution in [0.3, 0.4) is 0 Å². The van der Waals surface area contributed by atoms with Crippen LogP contribution in [0.4, 0.5) is 0 Å². The molecule has 1 saturated heterocycles. The Bertz CT molecular complexity index is 1170. The highest BCUT2D eigenvalue weighted by atomic mass is 32.2. The van der Waals surface area contributed by atoms with Gasteiger partial charge in [-0.2, -0.15) is 9.40 Å². The fourth-order valence-corrected chi connectivity index (χ4v) is 4.77. The molecule has 0 atom stereocenters. The molecular formula is C20H20N4O5S. The number of amides is 1. The first-order chi connectivity index (χ1) is 14.5. The van der Waals surface area contributed by atoms with Gasteiger partial charge in [0.05, 0.1) is 10.4 Å². The molecule has 9 nitrogen and oxygen atoms in total. The molecule has 0 spiro atoms. The molecule has 30 heavy (non-hydrogen) atoms. The smallest absolute Gasteiger partial charge is 0.359 e. The number of nitrogens with one attached hydrogen (secondary N) is 1. The van der Waals surface area contributed by atoms with Crippen molar-refractivity contribution >= 4 is 32.8 Å². The minimum atomic E-state index is -3.59. The third-order valence-electron chi connectivity index (χ3n) is 4.96. The van der Waals surface area contributed by atoms with Gasteiger partial charge < -0.3 is 9.64 Å². The molecule has 1 N–H and O–H groups in total. The monoisotopic (exact) mass is 428 g/mol. The van der Waals surface area contributed by atoms with Gasteiger partial charge in [-0.25, -0.2) is 13.2 Å². The first-order valence-electron chi connectivity index (χ1n) is 9.40. The first-order valence-corrected chi connectivity index (χ1v) is 10.8. The Morgan fingerprint density at radius 3 is 2.37 bits per heavy atom. The van der Waals surface area contributed by atoms with Crippen molar-refractivity contribution in [2.45, 2.75) is 4.90 Å². The third kappa shape index (κ3) is 3.91. The number of fused-ring (bicyclic) bond motifs is 1. The van der Waals surface area contributed by atoms with Gasteiger partial charge in [0.1, 0.15) is 0 Å². The predicted octanol–water partition coefficient (Wildman–Crippen LogP) is 1.25. The number of aromatic nitrogens is 2. The van der Waals surface area contributed by atoms with Gasteiger partial charge in [-0.3, -0.25) is 9.89 Å². The largest absolute Gasteiger partial charge is 0.451 e. The second-order valence-corrected chi connectivity index (χ2v) is 8.73. The lowest BCUT2D eigenvalue weighted by Crippen LogP contribution is -2.51. The van der Waals surface area contributed by atoms with Crippen LogP contribution in [-0.2, 0) is 19.6 Å². The number of benzene rings is 2. The fraction of sp³-hybridized carbons (Fsp3) is 0.250. The lowest BCUT2D eigenvalue weighted by Gasteiger charge is -2.33. The third-order valence-corrected chi connectivity index (χ3v) is 6.88. The number of carbonyl (C=O) groups is 2. The van der Waals surface area contributed by atoms with Crippen molar-refractivity contribution in [1.82, 2.24) is 19.4 Å². The number of para-hydroxylation sites is 1. The Labute approximate surface area is 173 Å². The summed E-state index contributed by atoms with van der Waals surface area (Å²) >= 11 is 0. The molecule has 4 rings (SSSR count). The molecule has 2 heterocycles. The van der Waals surface area contributed by atoms with Crippen LogP contribution in [0.15, 0.2) is 59.5 Å². The molecule has 0 aliphatic carbocycles. The van der Waals surface area contributed by atoms with Crippen molar-refractivity contribution in [2.24, 2.45) is 0 Å². The van der Waals surface area contributed by atoms with E-state index in [1.165, 1.54) is 9.21 Å². The van der Waals surface area contributed by atoms with E-state index in [0.29, 0.717) is 10.9 Å². The number of sulfonamides is 1. The van der Waals surface area contributed by atoms with Crippen LogP contribution >= 0.6 is 0 Å². The zero-order valence-electron chi connectivity index (χ0n) is 16.0. The van der Waals surface area contributed by atoms with Crippen molar-refractivity contribution in [2.75, 3.05) is 32.8 Å². The number of H-pyrrole nitrogens is 1. The average Bonchev–Trinajstić information content (AvgIpc) is 3.22. The standard InChI is InChI=1S/C20H20N4O5S/c25-18(14-29-20(26)19-16-8-4-5-9-17(16)21-22-19)23-10-12-24(13-11-23)30(27,28)15-6-2-1-3-7-15/h1-9H,10-14H2,(H,21,22). The zero-order chi connectivity index (χ0) is 21.1. The van der Waals surface area contributed by atoms with Crippen LogP contribution in [0.2, 0.25) is 0 Å².